The average molecular weight is 637 g/mol. The number of amides is 1. The molecule has 0 unspecified atom stereocenters. The number of hydrogen-bond donors (Lipinski definition) is 0. The summed E-state index contributed by atoms with van der Waals surface area (Å²) >= 11 is 6.74. The molecule has 3 heterocycles. The third kappa shape index (κ3) is 6.55. The number of fused-ring (bicyclic) bond motifs is 1. The summed E-state index contributed by atoms with van der Waals surface area (Å²) in [6, 6.07) is 3.18. The van der Waals surface area contributed by atoms with Crippen molar-refractivity contribution in [1.82, 2.24) is 13.7 Å². The molecule has 1 amide bonds. The Bertz CT molecular complexity index is 1920. The highest BCUT2D eigenvalue weighted by Gasteiger charge is 2.32. The second-order valence-electron chi connectivity index (χ2n) is 8.43. The van der Waals surface area contributed by atoms with Gasteiger partial charge >= 0.3 is 12.1 Å². The van der Waals surface area contributed by atoms with Crippen LogP contribution in [0.1, 0.15) is 11.3 Å². The first kappa shape index (κ1) is 30.5. The van der Waals surface area contributed by atoms with Gasteiger partial charge in [-0.1, -0.05) is 11.6 Å². The zero-order chi connectivity index (χ0) is 30.4. The van der Waals surface area contributed by atoms with Crippen LogP contribution in [-0.4, -0.2) is 26.0 Å². The number of hydrogen-bond acceptors (Lipinski definition) is 10. The van der Waals surface area contributed by atoms with Gasteiger partial charge in [0.15, 0.2) is 4.80 Å². The van der Waals surface area contributed by atoms with Gasteiger partial charge in [0.1, 0.15) is 23.6 Å². The highest BCUT2D eigenvalue weighted by Crippen LogP contribution is 2.34. The fourth-order valence-electron chi connectivity index (χ4n) is 3.87. The van der Waals surface area contributed by atoms with Crippen LogP contribution in [0, 0.1) is 6.92 Å². The van der Waals surface area contributed by atoms with E-state index >= 15 is 0 Å². The molecule has 0 N–H and O–H groups in total. The van der Waals surface area contributed by atoms with E-state index in [1.807, 2.05) is 0 Å². The fourth-order valence-corrected chi connectivity index (χ4v) is 5.26. The van der Waals surface area contributed by atoms with E-state index in [0.717, 1.165) is 37.2 Å². The highest BCUT2D eigenvalue weighted by molar-refractivity contribution is 7.43. The third-order valence-electron chi connectivity index (χ3n) is 5.73. The monoisotopic (exact) mass is 636 g/mol. The molecule has 0 spiro atoms. The van der Waals surface area contributed by atoms with Gasteiger partial charge in [-0.25, -0.2) is 4.79 Å². The number of furan rings is 1. The van der Waals surface area contributed by atoms with E-state index in [9.17, 15) is 41.9 Å². The Morgan fingerprint density at radius 2 is 1.90 bits per heavy atom. The molecule has 4 rings (SSSR count). The largest absolute Gasteiger partial charge is 0.790 e. The van der Waals surface area contributed by atoms with Gasteiger partial charge in [-0.3, -0.25) is 23.3 Å². The van der Waals surface area contributed by atoms with Crippen LogP contribution in [0.25, 0.3) is 22.4 Å². The predicted octanol–water partition coefficient (Wildman–Crippen LogP) is 1.69. The van der Waals surface area contributed by atoms with Crippen molar-refractivity contribution in [3.8, 4) is 17.0 Å². The van der Waals surface area contributed by atoms with Crippen LogP contribution in [0.5, 0.6) is 5.75 Å². The minimum Gasteiger partial charge on any atom is -0.790 e. The molecule has 41 heavy (non-hydrogen) atoms. The zero-order valence-corrected chi connectivity index (χ0v) is 23.5. The lowest BCUT2D eigenvalue weighted by Gasteiger charge is -2.28. The van der Waals surface area contributed by atoms with Crippen LogP contribution in [0.15, 0.2) is 42.6 Å². The van der Waals surface area contributed by atoms with Gasteiger partial charge in [0.25, 0.3) is 11.5 Å². The summed E-state index contributed by atoms with van der Waals surface area (Å²) < 4.78 is 65.7. The summed E-state index contributed by atoms with van der Waals surface area (Å²) in [6.07, 6.45) is -5.47. The molecule has 3 aromatic heterocycles. The summed E-state index contributed by atoms with van der Waals surface area (Å²) in [5, 5.41) is 0.925. The second-order valence-corrected chi connectivity index (χ2v) is 10.8. The van der Waals surface area contributed by atoms with Gasteiger partial charge in [0, 0.05) is 30.6 Å². The van der Waals surface area contributed by atoms with Crippen molar-refractivity contribution in [3.63, 3.8) is 0 Å². The van der Waals surface area contributed by atoms with Gasteiger partial charge < -0.3 is 28.0 Å². The number of aryl methyl sites for hydroxylation is 2. The molecule has 0 radical (unpaired) electrons. The van der Waals surface area contributed by atoms with Crippen molar-refractivity contribution in [1.29, 1.82) is 0 Å². The molecule has 4 aromatic rings. The number of thiazole rings is 1. The van der Waals surface area contributed by atoms with E-state index in [4.69, 9.17) is 16.0 Å². The topological polar surface area (TPSA) is 173 Å². The lowest BCUT2D eigenvalue weighted by Crippen LogP contribution is -2.36. The first-order chi connectivity index (χ1) is 19.0. The molecule has 0 atom stereocenters. The normalized spacial score (nSPS) is 12.9. The molecule has 0 fully saturated rings. The Kier molecular flexibility index (Phi) is 8.23. The number of carbonyl (C=O) groups is 1. The number of carbonyl (C=O) groups excluding carboxylic acids is 1. The van der Waals surface area contributed by atoms with Gasteiger partial charge in [0.05, 0.1) is 25.0 Å². The fraction of sp³-hybridized carbons (Fsp3) is 0.273. The number of ether oxygens (including phenoxy) is 1. The van der Waals surface area contributed by atoms with Crippen LogP contribution in [-0.2, 0) is 41.1 Å². The molecule has 0 saturated heterocycles. The van der Waals surface area contributed by atoms with E-state index in [0.29, 0.717) is 0 Å². The average Bonchev–Trinajstić information content (AvgIpc) is 3.40. The SMILES string of the molecule is Cc1oc2c(c1CC(=O)N=c1scc(-c3ccc(OC(F)(F)F)c(Cl)c3)n1COP(=O)([O-])[O-])c(=O)n(C)c(=O)n2C. The second kappa shape index (κ2) is 11.1. The standard InChI is InChI=1S/C22H19ClF3N4O9PS/c1-10-12(17-18(32)28(2)21(33)29(3)19(17)38-10)7-16(31)27-20-30(9-37-40(34,35)36)14(8-41-20)11-4-5-15(13(23)6-11)39-22(24,25)26/h4-6,8H,7,9H2,1-3H3,(H2,34,35,36)/p-2. The smallest absolute Gasteiger partial charge is 0.573 e. The van der Waals surface area contributed by atoms with Crippen molar-refractivity contribution in [3.05, 3.63) is 65.6 Å². The van der Waals surface area contributed by atoms with Crippen LogP contribution in [0.4, 0.5) is 13.2 Å². The Labute approximate surface area is 235 Å². The molecule has 0 bridgehead atoms. The Morgan fingerprint density at radius 1 is 1.22 bits per heavy atom. The highest BCUT2D eigenvalue weighted by atomic mass is 35.5. The van der Waals surface area contributed by atoms with Crippen LogP contribution in [0.3, 0.4) is 0 Å². The van der Waals surface area contributed by atoms with Crippen LogP contribution in [0.2, 0.25) is 5.02 Å². The zero-order valence-electron chi connectivity index (χ0n) is 21.1. The number of halogens is 4. The van der Waals surface area contributed by atoms with E-state index < -0.39 is 55.3 Å². The molecule has 13 nitrogen and oxygen atoms in total. The lowest BCUT2D eigenvalue weighted by molar-refractivity contribution is -0.344. The van der Waals surface area contributed by atoms with Gasteiger partial charge in [0.2, 0.25) is 5.71 Å². The molecule has 220 valence electrons. The summed E-state index contributed by atoms with van der Waals surface area (Å²) in [5.41, 5.74) is -0.980. The lowest BCUT2D eigenvalue weighted by atomic mass is 10.1. The summed E-state index contributed by atoms with van der Waals surface area (Å²) in [6.45, 7) is 0.559. The minimum atomic E-state index is -5.50. The molecular formula is C22H17ClF3N4O9PS-2. The van der Waals surface area contributed by atoms with Gasteiger partial charge in [-0.15, -0.1) is 24.5 Å². The third-order valence-corrected chi connectivity index (χ3v) is 7.32. The quantitative estimate of drug-likeness (QED) is 0.274. The maximum atomic E-state index is 13.0. The molecule has 0 saturated carbocycles. The van der Waals surface area contributed by atoms with Crippen molar-refractivity contribution in [2.45, 2.75) is 26.4 Å². The first-order valence-electron chi connectivity index (χ1n) is 11.1. The number of nitrogens with zero attached hydrogens (tertiary/aromatic N) is 4. The summed E-state index contributed by atoms with van der Waals surface area (Å²) in [5.74, 6) is -1.34. The van der Waals surface area contributed by atoms with Crippen molar-refractivity contribution in [2.24, 2.45) is 19.1 Å². The molecule has 0 aliphatic rings. The van der Waals surface area contributed by atoms with Gasteiger partial charge in [-0.2, -0.15) is 4.99 Å². The number of phosphoric acid groups is 1. The summed E-state index contributed by atoms with van der Waals surface area (Å²) in [4.78, 5) is 64.1. The Hall–Kier alpha value is -3.47. The van der Waals surface area contributed by atoms with E-state index in [1.54, 1.807) is 0 Å². The maximum Gasteiger partial charge on any atom is 0.573 e. The number of rotatable bonds is 7. The van der Waals surface area contributed by atoms with Crippen LogP contribution >= 0.6 is 30.8 Å². The van der Waals surface area contributed by atoms with Crippen molar-refractivity contribution < 1.29 is 46.0 Å². The number of alkyl halides is 3. The maximum absolute atomic E-state index is 13.0. The van der Waals surface area contributed by atoms with Gasteiger partial charge in [-0.05, 0) is 25.1 Å². The van der Waals surface area contributed by atoms with Crippen molar-refractivity contribution >= 4 is 47.8 Å². The number of phosphoric ester groups is 1. The van der Waals surface area contributed by atoms with E-state index in [2.05, 4.69) is 14.3 Å². The summed E-state index contributed by atoms with van der Waals surface area (Å²) in [7, 11) is -2.86. The minimum absolute atomic E-state index is 0.00631. The van der Waals surface area contributed by atoms with Crippen LogP contribution < -0.4 is 30.6 Å². The van der Waals surface area contributed by atoms with Crippen molar-refractivity contribution in [2.75, 3.05) is 0 Å². The Morgan fingerprint density at radius 3 is 2.51 bits per heavy atom. The first-order valence-corrected chi connectivity index (χ1v) is 13.8. The number of aromatic nitrogens is 3. The molecule has 19 heteroatoms. The number of benzene rings is 1. The van der Waals surface area contributed by atoms with E-state index in [1.165, 1.54) is 32.5 Å². The Balaban J connectivity index is 1.77. The predicted molar refractivity (Wildman–Crippen MR) is 134 cm³/mol. The van der Waals surface area contributed by atoms with E-state index in [-0.39, 0.29) is 38.5 Å². The molecule has 0 aliphatic carbocycles. The molecular weight excluding hydrogens is 620 g/mol. The molecule has 0 aliphatic heterocycles. The molecule has 1 aromatic carbocycles.